The van der Waals surface area contributed by atoms with E-state index in [9.17, 15) is 19.5 Å². The molecule has 0 bridgehead atoms. The Morgan fingerprint density at radius 3 is 1.79 bits per heavy atom. The highest BCUT2D eigenvalue weighted by Gasteiger charge is 2.35. The number of carbonyl (C=O) groups is 3. The third-order valence-electron chi connectivity index (χ3n) is 4.51. The molecule has 0 atom stereocenters. The Balaban J connectivity index is 2.95. The summed E-state index contributed by atoms with van der Waals surface area (Å²) in [6, 6.07) is 3.10. The fourth-order valence-corrected chi connectivity index (χ4v) is 3.09. The number of hydrogen-bond donors (Lipinski definition) is 1. The van der Waals surface area contributed by atoms with Gasteiger partial charge in [-0.25, -0.2) is 14.4 Å². The lowest BCUT2D eigenvalue weighted by molar-refractivity contribution is -0.140. The quantitative estimate of drug-likeness (QED) is 0.576. The second-order valence-electron chi connectivity index (χ2n) is 5.92. The maximum absolute atomic E-state index is 12.5. The average molecular weight is 406 g/mol. The molecule has 156 valence electrons. The molecule has 0 radical (unpaired) electrons. The molecule has 0 heterocycles. The summed E-state index contributed by atoms with van der Waals surface area (Å²) in [4.78, 5) is 37.4. The van der Waals surface area contributed by atoms with Crippen molar-refractivity contribution in [3.8, 4) is 11.5 Å². The fourth-order valence-electron chi connectivity index (χ4n) is 3.09. The van der Waals surface area contributed by atoms with Crippen molar-refractivity contribution in [1.82, 2.24) is 0 Å². The van der Waals surface area contributed by atoms with Gasteiger partial charge in [0.1, 0.15) is 11.3 Å². The van der Waals surface area contributed by atoms with Gasteiger partial charge in [0, 0.05) is 5.56 Å². The standard InChI is InChI=1S/C20H22O9/c1-25-13-8-10-6-7-11(18(22)27-3)15(19(23)28-4)16(20(24)29-5)17(21)12(10)9-14(13)26-2/h8-9,21H,6-7H2,1-5H3. The van der Waals surface area contributed by atoms with Crippen LogP contribution in [-0.4, -0.2) is 58.6 Å². The van der Waals surface area contributed by atoms with Crippen LogP contribution >= 0.6 is 0 Å². The van der Waals surface area contributed by atoms with Gasteiger partial charge >= 0.3 is 17.9 Å². The number of fused-ring (bicyclic) bond motifs is 1. The van der Waals surface area contributed by atoms with E-state index in [1.807, 2.05) is 0 Å². The van der Waals surface area contributed by atoms with Crippen LogP contribution in [0, 0.1) is 0 Å². The van der Waals surface area contributed by atoms with Crippen LogP contribution in [0.25, 0.3) is 5.76 Å². The first kappa shape index (κ1) is 21.8. The molecular weight excluding hydrogens is 384 g/mol. The summed E-state index contributed by atoms with van der Waals surface area (Å²) in [7, 11) is 6.20. The number of methoxy groups -OCH3 is 5. The van der Waals surface area contributed by atoms with E-state index in [1.165, 1.54) is 20.3 Å². The Labute approximate surface area is 167 Å². The molecule has 2 rings (SSSR count). The van der Waals surface area contributed by atoms with Gasteiger partial charge in [-0.2, -0.15) is 0 Å². The van der Waals surface area contributed by atoms with E-state index in [0.717, 1.165) is 21.3 Å². The van der Waals surface area contributed by atoms with E-state index in [1.54, 1.807) is 6.07 Å². The first-order valence-corrected chi connectivity index (χ1v) is 8.51. The first-order valence-electron chi connectivity index (χ1n) is 8.51. The largest absolute Gasteiger partial charge is 0.506 e. The summed E-state index contributed by atoms with van der Waals surface area (Å²) in [6.45, 7) is 0. The maximum Gasteiger partial charge on any atom is 0.342 e. The second kappa shape index (κ2) is 9.13. The molecule has 0 amide bonds. The number of aryl methyl sites for hydroxylation is 1. The Morgan fingerprint density at radius 1 is 0.759 bits per heavy atom. The molecule has 29 heavy (non-hydrogen) atoms. The molecule has 9 nitrogen and oxygen atoms in total. The highest BCUT2D eigenvalue weighted by atomic mass is 16.5. The van der Waals surface area contributed by atoms with Crippen LogP contribution in [0.4, 0.5) is 0 Å². The van der Waals surface area contributed by atoms with Gasteiger partial charge < -0.3 is 28.8 Å². The lowest BCUT2D eigenvalue weighted by Crippen LogP contribution is -2.23. The lowest BCUT2D eigenvalue weighted by atomic mass is 9.87. The Morgan fingerprint density at radius 2 is 1.28 bits per heavy atom. The Kier molecular flexibility index (Phi) is 6.87. The molecule has 0 spiro atoms. The molecule has 0 fully saturated rings. The number of hydrogen-bond acceptors (Lipinski definition) is 9. The van der Waals surface area contributed by atoms with Gasteiger partial charge in [-0.05, 0) is 30.5 Å². The Bertz CT molecular complexity index is 909. The molecule has 0 aliphatic heterocycles. The number of rotatable bonds is 5. The smallest absolute Gasteiger partial charge is 0.342 e. The summed E-state index contributed by atoms with van der Waals surface area (Å²) in [6.07, 6.45) is 0.270. The van der Waals surface area contributed by atoms with E-state index in [-0.39, 0.29) is 24.0 Å². The molecule has 0 aromatic heterocycles. The number of aliphatic hydroxyl groups excluding tert-OH is 1. The zero-order chi connectivity index (χ0) is 21.7. The minimum atomic E-state index is -1.02. The predicted octanol–water partition coefficient (Wildman–Crippen LogP) is 1.73. The average Bonchev–Trinajstić information content (AvgIpc) is 2.74. The molecule has 1 N–H and O–H groups in total. The van der Waals surface area contributed by atoms with Crippen LogP contribution < -0.4 is 9.47 Å². The zero-order valence-corrected chi connectivity index (χ0v) is 16.8. The van der Waals surface area contributed by atoms with Crippen molar-refractivity contribution < 1.29 is 43.2 Å². The molecule has 1 aliphatic carbocycles. The van der Waals surface area contributed by atoms with Gasteiger partial charge in [-0.3, -0.25) is 0 Å². The predicted molar refractivity (Wildman–Crippen MR) is 100 cm³/mol. The van der Waals surface area contributed by atoms with Crippen LogP contribution in [0.15, 0.2) is 28.9 Å². The van der Waals surface area contributed by atoms with Crippen LogP contribution in [-0.2, 0) is 35.0 Å². The molecule has 1 aromatic rings. The molecule has 1 aromatic carbocycles. The number of esters is 3. The van der Waals surface area contributed by atoms with E-state index in [4.69, 9.17) is 23.7 Å². The maximum atomic E-state index is 12.5. The van der Waals surface area contributed by atoms with Gasteiger partial charge in [0.05, 0.1) is 46.7 Å². The lowest BCUT2D eigenvalue weighted by Gasteiger charge is -2.21. The summed E-state index contributed by atoms with van der Waals surface area (Å²) in [5.74, 6) is -2.69. The number of aliphatic hydroxyl groups is 1. The van der Waals surface area contributed by atoms with Crippen molar-refractivity contribution in [2.24, 2.45) is 0 Å². The van der Waals surface area contributed by atoms with Crippen molar-refractivity contribution in [2.45, 2.75) is 12.8 Å². The van der Waals surface area contributed by atoms with E-state index in [0.29, 0.717) is 17.1 Å². The van der Waals surface area contributed by atoms with Gasteiger partial charge in [0.2, 0.25) is 0 Å². The SMILES string of the molecule is COC(=O)C1=C(C(=O)OC)C(C(=O)OC)=C(O)c2cc(OC)c(OC)cc2CC1. The van der Waals surface area contributed by atoms with E-state index < -0.39 is 34.8 Å². The molecule has 0 unspecified atom stereocenters. The topological polar surface area (TPSA) is 118 Å². The molecule has 0 saturated heterocycles. The van der Waals surface area contributed by atoms with Crippen molar-refractivity contribution >= 4 is 23.7 Å². The summed E-state index contributed by atoms with van der Waals surface area (Å²) >= 11 is 0. The van der Waals surface area contributed by atoms with Crippen molar-refractivity contribution in [2.75, 3.05) is 35.5 Å². The van der Waals surface area contributed by atoms with Crippen molar-refractivity contribution in [1.29, 1.82) is 0 Å². The van der Waals surface area contributed by atoms with Crippen LogP contribution in [0.3, 0.4) is 0 Å². The second-order valence-corrected chi connectivity index (χ2v) is 5.92. The zero-order valence-electron chi connectivity index (χ0n) is 16.8. The van der Waals surface area contributed by atoms with Crippen molar-refractivity contribution in [3.05, 3.63) is 40.0 Å². The number of carbonyl (C=O) groups excluding carboxylic acids is 3. The van der Waals surface area contributed by atoms with E-state index in [2.05, 4.69) is 0 Å². The Hall–Kier alpha value is -3.49. The third kappa shape index (κ3) is 4.03. The highest BCUT2D eigenvalue weighted by molar-refractivity contribution is 6.15. The van der Waals surface area contributed by atoms with Crippen molar-refractivity contribution in [3.63, 3.8) is 0 Å². The normalized spacial score (nSPS) is 13.7. The van der Waals surface area contributed by atoms with Crippen LogP contribution in [0.1, 0.15) is 17.5 Å². The summed E-state index contributed by atoms with van der Waals surface area (Å²) in [5.41, 5.74) is -0.246. The third-order valence-corrected chi connectivity index (χ3v) is 4.51. The van der Waals surface area contributed by atoms with E-state index >= 15 is 0 Å². The summed E-state index contributed by atoms with van der Waals surface area (Å²) < 4.78 is 24.8. The van der Waals surface area contributed by atoms with Gasteiger partial charge in [0.25, 0.3) is 0 Å². The van der Waals surface area contributed by atoms with Crippen LogP contribution in [0.2, 0.25) is 0 Å². The highest BCUT2D eigenvalue weighted by Crippen LogP contribution is 2.38. The van der Waals surface area contributed by atoms with Gasteiger partial charge in [0.15, 0.2) is 11.5 Å². The first-order chi connectivity index (χ1) is 13.8. The molecule has 1 aliphatic rings. The summed E-state index contributed by atoms with van der Waals surface area (Å²) in [5, 5.41) is 11.0. The minimum Gasteiger partial charge on any atom is -0.506 e. The molecular formula is C20H22O9. The van der Waals surface area contributed by atoms with Gasteiger partial charge in [-0.1, -0.05) is 0 Å². The van der Waals surface area contributed by atoms with Gasteiger partial charge in [-0.15, -0.1) is 0 Å². The molecule has 0 saturated carbocycles. The molecule has 9 heteroatoms. The number of ether oxygens (including phenoxy) is 5. The minimum absolute atomic E-state index is 0.0351. The number of benzene rings is 1. The monoisotopic (exact) mass is 406 g/mol. The fraction of sp³-hybridized carbons (Fsp3) is 0.350. The van der Waals surface area contributed by atoms with Crippen LogP contribution in [0.5, 0.6) is 11.5 Å².